The lowest BCUT2D eigenvalue weighted by Crippen LogP contribution is -2.48. The van der Waals surface area contributed by atoms with Gasteiger partial charge in [0, 0.05) is 44.8 Å². The number of ether oxygens (including phenoxy) is 2. The summed E-state index contributed by atoms with van der Waals surface area (Å²) in [5, 5.41) is 3.50. The summed E-state index contributed by atoms with van der Waals surface area (Å²) in [7, 11) is 3.87. The molecule has 2 rings (SSSR count). The first-order valence-corrected chi connectivity index (χ1v) is 7.74. The number of hydrogen-bond acceptors (Lipinski definition) is 4. The predicted molar refractivity (Wildman–Crippen MR) is 77.4 cm³/mol. The van der Waals surface area contributed by atoms with Crippen LogP contribution in [-0.4, -0.2) is 64.1 Å². The Kier molecular flexibility index (Phi) is 6.07. The highest BCUT2D eigenvalue weighted by atomic mass is 16.5. The van der Waals surface area contributed by atoms with E-state index in [1.165, 1.54) is 19.3 Å². The van der Waals surface area contributed by atoms with Crippen molar-refractivity contribution in [3.05, 3.63) is 0 Å². The Morgan fingerprint density at radius 1 is 1.32 bits per heavy atom. The number of hydrogen-bond donors (Lipinski definition) is 1. The summed E-state index contributed by atoms with van der Waals surface area (Å²) >= 11 is 0. The molecule has 0 radical (unpaired) electrons. The fourth-order valence-electron chi connectivity index (χ4n) is 3.15. The van der Waals surface area contributed by atoms with E-state index >= 15 is 0 Å². The van der Waals surface area contributed by atoms with Gasteiger partial charge in [-0.2, -0.15) is 0 Å². The molecule has 1 saturated heterocycles. The maximum Gasteiger partial charge on any atom is 0.0589 e. The normalized spacial score (nSPS) is 26.8. The van der Waals surface area contributed by atoms with E-state index in [0.29, 0.717) is 18.0 Å². The van der Waals surface area contributed by atoms with E-state index < -0.39 is 0 Å². The highest BCUT2D eigenvalue weighted by Crippen LogP contribution is 2.35. The largest absolute Gasteiger partial charge is 0.383 e. The van der Waals surface area contributed by atoms with Crippen molar-refractivity contribution < 1.29 is 9.47 Å². The number of likely N-dealkylation sites (N-methyl/N-ethyl adjacent to an activating group) is 1. The van der Waals surface area contributed by atoms with Crippen LogP contribution in [-0.2, 0) is 9.47 Å². The van der Waals surface area contributed by atoms with E-state index in [1.807, 2.05) is 0 Å². The summed E-state index contributed by atoms with van der Waals surface area (Å²) in [4.78, 5) is 2.61. The Hall–Kier alpha value is -0.160. The molecule has 0 spiro atoms. The van der Waals surface area contributed by atoms with Crippen LogP contribution in [0.2, 0.25) is 0 Å². The van der Waals surface area contributed by atoms with E-state index in [9.17, 15) is 0 Å². The smallest absolute Gasteiger partial charge is 0.0589 e. The van der Waals surface area contributed by atoms with Gasteiger partial charge in [-0.3, -0.25) is 4.90 Å². The zero-order valence-corrected chi connectivity index (χ0v) is 12.7. The van der Waals surface area contributed by atoms with Gasteiger partial charge < -0.3 is 14.8 Å². The highest BCUT2D eigenvalue weighted by Gasteiger charge is 2.34. The molecule has 1 aliphatic heterocycles. The van der Waals surface area contributed by atoms with Gasteiger partial charge in [0.2, 0.25) is 0 Å². The van der Waals surface area contributed by atoms with E-state index in [0.717, 1.165) is 38.8 Å². The molecule has 3 unspecified atom stereocenters. The van der Waals surface area contributed by atoms with Gasteiger partial charge in [0.15, 0.2) is 0 Å². The average Bonchev–Trinajstić information content (AvgIpc) is 3.14. The molecule has 1 saturated carbocycles. The maximum atomic E-state index is 5.54. The van der Waals surface area contributed by atoms with Crippen molar-refractivity contribution in [2.45, 2.75) is 38.3 Å². The molecule has 0 bridgehead atoms. The first-order valence-electron chi connectivity index (χ1n) is 7.74. The topological polar surface area (TPSA) is 33.7 Å². The van der Waals surface area contributed by atoms with Gasteiger partial charge in [0.05, 0.1) is 13.2 Å². The summed E-state index contributed by atoms with van der Waals surface area (Å²) in [6.07, 6.45) is 4.00. The SMILES string of the molecule is CNC(CN(CCOC)C(C)C1CC1)C1CCOC1. The summed E-state index contributed by atoms with van der Waals surface area (Å²) < 4.78 is 10.8. The number of methoxy groups -OCH3 is 1. The van der Waals surface area contributed by atoms with Gasteiger partial charge in [-0.05, 0) is 39.2 Å². The van der Waals surface area contributed by atoms with Crippen LogP contribution in [0.1, 0.15) is 26.2 Å². The molecule has 19 heavy (non-hydrogen) atoms. The number of nitrogens with zero attached hydrogens (tertiary/aromatic N) is 1. The van der Waals surface area contributed by atoms with Crippen LogP contribution in [0.15, 0.2) is 0 Å². The predicted octanol–water partition coefficient (Wildman–Crippen LogP) is 1.36. The third kappa shape index (κ3) is 4.42. The lowest BCUT2D eigenvalue weighted by Gasteiger charge is -2.34. The van der Waals surface area contributed by atoms with Gasteiger partial charge in [-0.25, -0.2) is 0 Å². The van der Waals surface area contributed by atoms with Crippen molar-refractivity contribution in [2.75, 3.05) is 47.1 Å². The monoisotopic (exact) mass is 270 g/mol. The summed E-state index contributed by atoms with van der Waals surface area (Å²) in [5.41, 5.74) is 0. The molecule has 4 nitrogen and oxygen atoms in total. The van der Waals surface area contributed by atoms with Gasteiger partial charge in [-0.1, -0.05) is 0 Å². The number of rotatable bonds is 9. The second kappa shape index (κ2) is 7.58. The molecular formula is C15H30N2O2. The van der Waals surface area contributed by atoms with E-state index in [-0.39, 0.29) is 0 Å². The van der Waals surface area contributed by atoms with E-state index in [1.54, 1.807) is 7.11 Å². The lowest BCUT2D eigenvalue weighted by molar-refractivity contribution is 0.0975. The van der Waals surface area contributed by atoms with Crippen molar-refractivity contribution in [2.24, 2.45) is 11.8 Å². The summed E-state index contributed by atoms with van der Waals surface area (Å²) in [6, 6.07) is 1.23. The molecule has 1 N–H and O–H groups in total. The molecule has 0 aromatic carbocycles. The van der Waals surface area contributed by atoms with E-state index in [2.05, 4.69) is 24.2 Å². The van der Waals surface area contributed by atoms with Gasteiger partial charge >= 0.3 is 0 Å². The quantitative estimate of drug-likeness (QED) is 0.686. The van der Waals surface area contributed by atoms with Crippen LogP contribution in [0.25, 0.3) is 0 Å². The highest BCUT2D eigenvalue weighted by molar-refractivity contribution is 4.89. The van der Waals surface area contributed by atoms with Crippen LogP contribution in [0.3, 0.4) is 0 Å². The zero-order valence-electron chi connectivity index (χ0n) is 12.7. The molecule has 0 aromatic heterocycles. The molecule has 112 valence electrons. The fraction of sp³-hybridized carbons (Fsp3) is 1.00. The second-order valence-corrected chi connectivity index (χ2v) is 6.08. The van der Waals surface area contributed by atoms with E-state index in [4.69, 9.17) is 9.47 Å². The third-order valence-corrected chi connectivity index (χ3v) is 4.80. The van der Waals surface area contributed by atoms with Crippen molar-refractivity contribution >= 4 is 0 Å². The Bertz CT molecular complexity index is 253. The minimum absolute atomic E-state index is 0.542. The molecule has 3 atom stereocenters. The minimum atomic E-state index is 0.542. The fourth-order valence-corrected chi connectivity index (χ4v) is 3.15. The Balaban J connectivity index is 1.88. The van der Waals surface area contributed by atoms with Crippen LogP contribution in [0.5, 0.6) is 0 Å². The maximum absolute atomic E-state index is 5.54. The lowest BCUT2D eigenvalue weighted by atomic mass is 9.97. The standard InChI is InChI=1S/C15H30N2O2/c1-12(13-4-5-13)17(7-9-18-3)10-15(16-2)14-6-8-19-11-14/h12-16H,4-11H2,1-3H3. The first kappa shape index (κ1) is 15.2. The number of nitrogens with one attached hydrogen (secondary N) is 1. The molecule has 4 heteroatoms. The molecule has 0 amide bonds. The van der Waals surface area contributed by atoms with Crippen molar-refractivity contribution in [1.82, 2.24) is 10.2 Å². The van der Waals surface area contributed by atoms with Crippen LogP contribution >= 0.6 is 0 Å². The second-order valence-electron chi connectivity index (χ2n) is 6.08. The summed E-state index contributed by atoms with van der Waals surface area (Å²) in [5.74, 6) is 1.58. The van der Waals surface area contributed by atoms with Crippen LogP contribution in [0, 0.1) is 11.8 Å². The van der Waals surface area contributed by atoms with Crippen molar-refractivity contribution in [3.8, 4) is 0 Å². The Labute approximate surface area is 117 Å². The van der Waals surface area contributed by atoms with Crippen LogP contribution < -0.4 is 5.32 Å². The Morgan fingerprint density at radius 2 is 2.11 bits per heavy atom. The van der Waals surface area contributed by atoms with Gasteiger partial charge in [0.1, 0.15) is 0 Å². The summed E-state index contributed by atoms with van der Waals surface area (Å²) in [6.45, 7) is 7.21. The molecule has 0 aromatic rings. The van der Waals surface area contributed by atoms with Crippen LogP contribution in [0.4, 0.5) is 0 Å². The first-order chi connectivity index (χ1) is 9.26. The third-order valence-electron chi connectivity index (χ3n) is 4.80. The van der Waals surface area contributed by atoms with Gasteiger partial charge in [-0.15, -0.1) is 0 Å². The molecule has 2 fully saturated rings. The molecule has 2 aliphatic rings. The molecule has 1 aliphatic carbocycles. The van der Waals surface area contributed by atoms with Crippen molar-refractivity contribution in [3.63, 3.8) is 0 Å². The van der Waals surface area contributed by atoms with Crippen molar-refractivity contribution in [1.29, 1.82) is 0 Å². The molecule has 1 heterocycles. The van der Waals surface area contributed by atoms with Gasteiger partial charge in [0.25, 0.3) is 0 Å². The minimum Gasteiger partial charge on any atom is -0.383 e. The average molecular weight is 270 g/mol. The molecular weight excluding hydrogens is 240 g/mol. The zero-order chi connectivity index (χ0) is 13.7. The Morgan fingerprint density at radius 3 is 2.63 bits per heavy atom.